The van der Waals surface area contributed by atoms with Crippen molar-refractivity contribution in [2.24, 2.45) is 5.92 Å². The molecule has 0 aromatic heterocycles. The Morgan fingerprint density at radius 3 is 0.933 bits per heavy atom. The summed E-state index contributed by atoms with van der Waals surface area (Å²) in [6.45, 7) is 0. The van der Waals surface area contributed by atoms with Crippen LogP contribution in [-0.2, 0) is 0 Å². The first kappa shape index (κ1) is 14.3. The lowest BCUT2D eigenvalue weighted by Crippen LogP contribution is -2.50. The maximum absolute atomic E-state index is 11.6. The molecule has 1 nitrogen and oxygen atoms in total. The van der Waals surface area contributed by atoms with Gasteiger partial charge in [-0.05, 0) is 0 Å². The molecule has 0 aliphatic heterocycles. The van der Waals surface area contributed by atoms with Gasteiger partial charge < -0.3 is 5.11 Å². The Hall–Kier alpha value is -0.670. The number of rotatable bonds is 1. The van der Waals surface area contributed by atoms with Crippen molar-refractivity contribution in [3.05, 3.63) is 0 Å². The van der Waals surface area contributed by atoms with Crippen LogP contribution in [0.25, 0.3) is 0 Å². The van der Waals surface area contributed by atoms with Crippen molar-refractivity contribution < 1.29 is 44.6 Å². The summed E-state index contributed by atoms with van der Waals surface area (Å²) in [4.78, 5) is 0. The Labute approximate surface area is 76.5 Å². The highest BCUT2D eigenvalue weighted by molar-refractivity contribution is 4.86. The number of aliphatic hydroxyl groups excluding tert-OH is 1. The Bertz CT molecular complexity index is 196. The van der Waals surface area contributed by atoms with E-state index in [1.807, 2.05) is 0 Å². The van der Waals surface area contributed by atoms with Gasteiger partial charge in [0.1, 0.15) is 0 Å². The van der Waals surface area contributed by atoms with Gasteiger partial charge >= 0.3 is 18.5 Å². The number of alkyl halides is 9. The topological polar surface area (TPSA) is 20.2 Å². The fourth-order valence-corrected chi connectivity index (χ4v) is 0.733. The SMILES string of the molecule is O[C@@H](C(C(F)(F)F)C(F)(F)F)C(F)(F)F. The van der Waals surface area contributed by atoms with E-state index < -0.39 is 30.6 Å². The Kier molecular flexibility index (Phi) is 3.56. The molecule has 0 bridgehead atoms. The summed E-state index contributed by atoms with van der Waals surface area (Å²) in [7, 11) is 0. The lowest BCUT2D eigenvalue weighted by Gasteiger charge is -2.28. The molecule has 10 heteroatoms. The van der Waals surface area contributed by atoms with Gasteiger partial charge in [0.05, 0.1) is 0 Å². The number of halogens is 9. The molecule has 0 radical (unpaired) electrons. The standard InChI is InChI=1S/C5H3F9O/c6-3(7,8)1(4(9,10)11)2(15)5(12,13)14/h1-2,15H/t2-/m0/s1. The van der Waals surface area contributed by atoms with E-state index in [0.717, 1.165) is 0 Å². The van der Waals surface area contributed by atoms with Crippen LogP contribution in [0.15, 0.2) is 0 Å². The minimum atomic E-state index is -6.22. The largest absolute Gasteiger partial charge is 0.415 e. The third-order valence-electron chi connectivity index (χ3n) is 1.36. The predicted molar refractivity (Wildman–Crippen MR) is 27.7 cm³/mol. The van der Waals surface area contributed by atoms with Gasteiger partial charge in [0.25, 0.3) is 0 Å². The molecule has 92 valence electrons. The van der Waals surface area contributed by atoms with Crippen LogP contribution in [0.5, 0.6) is 0 Å². The molecular formula is C5H3F9O. The van der Waals surface area contributed by atoms with Gasteiger partial charge in [0.2, 0.25) is 0 Å². The molecular weight excluding hydrogens is 247 g/mol. The van der Waals surface area contributed by atoms with Gasteiger partial charge in [-0.2, -0.15) is 39.5 Å². The van der Waals surface area contributed by atoms with E-state index in [-0.39, 0.29) is 0 Å². The molecule has 0 amide bonds. The molecule has 0 aromatic carbocycles. The van der Waals surface area contributed by atoms with Crippen LogP contribution in [0, 0.1) is 5.92 Å². The van der Waals surface area contributed by atoms with Crippen LogP contribution in [0.4, 0.5) is 39.5 Å². The molecule has 0 unspecified atom stereocenters. The molecule has 0 rings (SSSR count). The van der Waals surface area contributed by atoms with Gasteiger partial charge in [0.15, 0.2) is 12.0 Å². The van der Waals surface area contributed by atoms with Gasteiger partial charge in [0, 0.05) is 0 Å². The monoisotopic (exact) mass is 250 g/mol. The fraction of sp³-hybridized carbons (Fsp3) is 1.00. The molecule has 1 N–H and O–H groups in total. The summed E-state index contributed by atoms with van der Waals surface area (Å²) >= 11 is 0. The van der Waals surface area contributed by atoms with Crippen LogP contribution < -0.4 is 0 Å². The summed E-state index contributed by atoms with van der Waals surface area (Å²) in [6, 6.07) is 0. The van der Waals surface area contributed by atoms with Crippen LogP contribution in [-0.4, -0.2) is 29.7 Å². The Balaban J connectivity index is 5.16. The number of aliphatic hydroxyl groups is 1. The van der Waals surface area contributed by atoms with Crippen molar-refractivity contribution in [3.63, 3.8) is 0 Å². The zero-order valence-electron chi connectivity index (χ0n) is 6.50. The summed E-state index contributed by atoms with van der Waals surface area (Å²) in [5.74, 6) is -4.83. The molecule has 1 atom stereocenters. The van der Waals surface area contributed by atoms with E-state index in [0.29, 0.717) is 0 Å². The quantitative estimate of drug-likeness (QED) is 0.709. The Morgan fingerprint density at radius 2 is 0.867 bits per heavy atom. The molecule has 0 fully saturated rings. The van der Waals surface area contributed by atoms with Crippen LogP contribution in [0.1, 0.15) is 0 Å². The van der Waals surface area contributed by atoms with Gasteiger partial charge in [-0.15, -0.1) is 0 Å². The summed E-state index contributed by atoms with van der Waals surface area (Å²) < 4.78 is 104. The highest BCUT2D eigenvalue weighted by Crippen LogP contribution is 2.45. The van der Waals surface area contributed by atoms with Gasteiger partial charge in [-0.25, -0.2) is 0 Å². The van der Waals surface area contributed by atoms with Crippen molar-refractivity contribution in [1.29, 1.82) is 0 Å². The zero-order chi connectivity index (χ0) is 12.7. The van der Waals surface area contributed by atoms with Crippen molar-refractivity contribution in [2.75, 3.05) is 0 Å². The van der Waals surface area contributed by atoms with Gasteiger partial charge in [-0.1, -0.05) is 0 Å². The molecule has 0 aliphatic carbocycles. The zero-order valence-corrected chi connectivity index (χ0v) is 6.50. The second-order valence-corrected chi connectivity index (χ2v) is 2.55. The normalized spacial score (nSPS) is 17.0. The van der Waals surface area contributed by atoms with E-state index in [1.54, 1.807) is 0 Å². The molecule has 0 spiro atoms. The van der Waals surface area contributed by atoms with E-state index in [4.69, 9.17) is 5.11 Å². The third kappa shape index (κ3) is 3.76. The minimum absolute atomic E-state index is 4.52. The van der Waals surface area contributed by atoms with Crippen molar-refractivity contribution in [3.8, 4) is 0 Å². The second kappa shape index (κ2) is 3.72. The molecule has 15 heavy (non-hydrogen) atoms. The van der Waals surface area contributed by atoms with E-state index in [2.05, 4.69) is 0 Å². The first-order chi connectivity index (χ1) is 6.28. The second-order valence-electron chi connectivity index (χ2n) is 2.55. The van der Waals surface area contributed by atoms with Crippen molar-refractivity contribution >= 4 is 0 Å². The first-order valence-electron chi connectivity index (χ1n) is 3.16. The van der Waals surface area contributed by atoms with E-state index in [9.17, 15) is 39.5 Å². The van der Waals surface area contributed by atoms with Gasteiger partial charge in [-0.3, -0.25) is 0 Å². The highest BCUT2D eigenvalue weighted by Gasteiger charge is 2.66. The molecule has 0 aliphatic rings. The van der Waals surface area contributed by atoms with E-state index in [1.165, 1.54) is 0 Å². The molecule has 0 saturated carbocycles. The smallest absolute Gasteiger partial charge is 0.383 e. The fourth-order valence-electron chi connectivity index (χ4n) is 0.733. The lowest BCUT2D eigenvalue weighted by atomic mass is 10.0. The highest BCUT2D eigenvalue weighted by atomic mass is 19.4. The molecule has 0 heterocycles. The van der Waals surface area contributed by atoms with Crippen LogP contribution in [0.3, 0.4) is 0 Å². The van der Waals surface area contributed by atoms with Crippen LogP contribution in [0.2, 0.25) is 0 Å². The predicted octanol–water partition coefficient (Wildman–Crippen LogP) is 2.65. The lowest BCUT2D eigenvalue weighted by molar-refractivity contribution is -0.345. The molecule has 0 saturated heterocycles. The third-order valence-corrected chi connectivity index (χ3v) is 1.36. The molecule has 0 aromatic rings. The first-order valence-corrected chi connectivity index (χ1v) is 3.16. The summed E-state index contributed by atoms with van der Waals surface area (Å²) in [5.41, 5.74) is 0. The Morgan fingerprint density at radius 1 is 0.600 bits per heavy atom. The minimum Gasteiger partial charge on any atom is -0.383 e. The summed E-state index contributed by atoms with van der Waals surface area (Å²) in [5, 5.41) is 7.95. The maximum Gasteiger partial charge on any atom is 0.415 e. The number of hydrogen-bond donors (Lipinski definition) is 1. The summed E-state index contributed by atoms with van der Waals surface area (Å²) in [6.07, 6.45) is -22.9. The van der Waals surface area contributed by atoms with E-state index >= 15 is 0 Å². The average Bonchev–Trinajstić information content (AvgIpc) is 1.76. The maximum atomic E-state index is 11.6. The average molecular weight is 250 g/mol. The van der Waals surface area contributed by atoms with Crippen molar-refractivity contribution in [2.45, 2.75) is 24.6 Å². The van der Waals surface area contributed by atoms with Crippen molar-refractivity contribution in [1.82, 2.24) is 0 Å². The van der Waals surface area contributed by atoms with Crippen LogP contribution >= 0.6 is 0 Å². The number of hydrogen-bond acceptors (Lipinski definition) is 1.